The zero-order valence-electron chi connectivity index (χ0n) is 11.8. The second-order valence-electron chi connectivity index (χ2n) is 5.80. The summed E-state index contributed by atoms with van der Waals surface area (Å²) < 4.78 is 0. The van der Waals surface area contributed by atoms with E-state index in [4.69, 9.17) is 0 Å². The van der Waals surface area contributed by atoms with E-state index in [9.17, 15) is 0 Å². The standard InChI is InChI=1S/C16H27NS/c1-3-10-17-16(15-6-4-5-13(15)2)8-7-14-9-11-18-12-14/h9,11-13,15-17H,3-8,10H2,1-2H3. The van der Waals surface area contributed by atoms with Crippen LogP contribution in [0.15, 0.2) is 16.8 Å². The van der Waals surface area contributed by atoms with Gasteiger partial charge in [-0.25, -0.2) is 0 Å². The van der Waals surface area contributed by atoms with Crippen molar-refractivity contribution in [2.24, 2.45) is 11.8 Å². The van der Waals surface area contributed by atoms with E-state index in [1.807, 2.05) is 11.3 Å². The number of aryl methyl sites for hydroxylation is 1. The van der Waals surface area contributed by atoms with E-state index in [2.05, 4.69) is 36.0 Å². The minimum absolute atomic E-state index is 0.738. The first-order chi connectivity index (χ1) is 8.81. The Labute approximate surface area is 116 Å². The number of rotatable bonds is 7. The van der Waals surface area contributed by atoms with Crippen molar-refractivity contribution in [2.45, 2.75) is 58.4 Å². The van der Waals surface area contributed by atoms with Crippen LogP contribution in [0.3, 0.4) is 0 Å². The third kappa shape index (κ3) is 3.83. The molecule has 3 atom stereocenters. The Kier molecular flexibility index (Phi) is 5.71. The summed E-state index contributed by atoms with van der Waals surface area (Å²) >= 11 is 1.82. The van der Waals surface area contributed by atoms with Gasteiger partial charge in [-0.1, -0.05) is 26.7 Å². The van der Waals surface area contributed by atoms with E-state index in [1.54, 1.807) is 0 Å². The molecular formula is C16H27NS. The molecule has 1 nitrogen and oxygen atoms in total. The minimum atomic E-state index is 0.738. The molecule has 2 rings (SSSR count). The van der Waals surface area contributed by atoms with Gasteiger partial charge in [0.1, 0.15) is 0 Å². The van der Waals surface area contributed by atoms with E-state index in [-0.39, 0.29) is 0 Å². The van der Waals surface area contributed by atoms with Crippen LogP contribution in [0.5, 0.6) is 0 Å². The highest BCUT2D eigenvalue weighted by Crippen LogP contribution is 2.35. The fraction of sp³-hybridized carbons (Fsp3) is 0.750. The molecule has 0 spiro atoms. The van der Waals surface area contributed by atoms with Crippen LogP contribution < -0.4 is 5.32 Å². The summed E-state index contributed by atoms with van der Waals surface area (Å²) in [4.78, 5) is 0. The van der Waals surface area contributed by atoms with Gasteiger partial charge in [0.15, 0.2) is 0 Å². The van der Waals surface area contributed by atoms with Gasteiger partial charge in [-0.3, -0.25) is 0 Å². The first-order valence-corrected chi connectivity index (χ1v) is 8.50. The molecule has 0 aliphatic heterocycles. The Hall–Kier alpha value is -0.340. The summed E-state index contributed by atoms with van der Waals surface area (Å²) in [5, 5.41) is 8.30. The lowest BCUT2D eigenvalue weighted by atomic mass is 9.87. The van der Waals surface area contributed by atoms with E-state index < -0.39 is 0 Å². The molecule has 2 heteroatoms. The summed E-state index contributed by atoms with van der Waals surface area (Å²) in [7, 11) is 0. The molecular weight excluding hydrogens is 238 g/mol. The van der Waals surface area contributed by atoms with Crippen LogP contribution in [0.4, 0.5) is 0 Å². The molecule has 102 valence electrons. The Morgan fingerprint density at radius 2 is 2.33 bits per heavy atom. The predicted octanol–water partition coefficient (Wildman–Crippen LogP) is 4.49. The van der Waals surface area contributed by atoms with Crippen LogP contribution in [-0.4, -0.2) is 12.6 Å². The van der Waals surface area contributed by atoms with Gasteiger partial charge in [-0.05, 0) is 66.5 Å². The molecule has 18 heavy (non-hydrogen) atoms. The fourth-order valence-corrected chi connectivity index (χ4v) is 4.03. The second-order valence-corrected chi connectivity index (χ2v) is 6.58. The van der Waals surface area contributed by atoms with Crippen LogP contribution in [0.2, 0.25) is 0 Å². The molecule has 1 aromatic rings. The van der Waals surface area contributed by atoms with Gasteiger partial charge >= 0.3 is 0 Å². The Morgan fingerprint density at radius 1 is 1.44 bits per heavy atom. The van der Waals surface area contributed by atoms with Crippen molar-refractivity contribution < 1.29 is 0 Å². The Balaban J connectivity index is 1.87. The largest absolute Gasteiger partial charge is 0.314 e. The van der Waals surface area contributed by atoms with Crippen molar-refractivity contribution in [3.63, 3.8) is 0 Å². The lowest BCUT2D eigenvalue weighted by Crippen LogP contribution is -2.38. The molecule has 0 radical (unpaired) electrons. The second kappa shape index (κ2) is 7.30. The zero-order chi connectivity index (χ0) is 12.8. The summed E-state index contributed by atoms with van der Waals surface area (Å²) in [6, 6.07) is 3.02. The summed E-state index contributed by atoms with van der Waals surface area (Å²) in [5.74, 6) is 1.83. The molecule has 1 aromatic heterocycles. The molecule has 1 aliphatic carbocycles. The van der Waals surface area contributed by atoms with Gasteiger partial charge in [0.05, 0.1) is 0 Å². The van der Waals surface area contributed by atoms with Gasteiger partial charge in [-0.15, -0.1) is 0 Å². The number of nitrogens with one attached hydrogen (secondary N) is 1. The predicted molar refractivity (Wildman–Crippen MR) is 81.2 cm³/mol. The van der Waals surface area contributed by atoms with Gasteiger partial charge in [-0.2, -0.15) is 11.3 Å². The molecule has 1 saturated carbocycles. The van der Waals surface area contributed by atoms with Crippen LogP contribution in [0, 0.1) is 11.8 Å². The third-order valence-corrected chi connectivity index (χ3v) is 5.16. The average Bonchev–Trinajstić information content (AvgIpc) is 3.01. The molecule has 1 N–H and O–H groups in total. The lowest BCUT2D eigenvalue weighted by Gasteiger charge is -2.28. The maximum Gasteiger partial charge on any atom is 0.0101 e. The van der Waals surface area contributed by atoms with Gasteiger partial charge < -0.3 is 5.32 Å². The highest BCUT2D eigenvalue weighted by molar-refractivity contribution is 7.07. The smallest absolute Gasteiger partial charge is 0.0101 e. The molecule has 3 unspecified atom stereocenters. The molecule has 0 amide bonds. The van der Waals surface area contributed by atoms with Crippen LogP contribution >= 0.6 is 11.3 Å². The number of thiophene rings is 1. The molecule has 0 aromatic carbocycles. The van der Waals surface area contributed by atoms with E-state index in [0.717, 1.165) is 17.9 Å². The zero-order valence-corrected chi connectivity index (χ0v) is 12.6. The van der Waals surface area contributed by atoms with E-state index in [0.29, 0.717) is 0 Å². The van der Waals surface area contributed by atoms with Gasteiger partial charge in [0, 0.05) is 6.04 Å². The first kappa shape index (κ1) is 14.1. The SMILES string of the molecule is CCCNC(CCc1ccsc1)C1CCCC1C. The summed E-state index contributed by atoms with van der Waals surface area (Å²) in [6.07, 6.45) is 8.12. The Bertz CT molecular complexity index is 320. The molecule has 0 bridgehead atoms. The van der Waals surface area contributed by atoms with Crippen molar-refractivity contribution in [1.82, 2.24) is 5.32 Å². The Morgan fingerprint density at radius 3 is 2.94 bits per heavy atom. The topological polar surface area (TPSA) is 12.0 Å². The lowest BCUT2D eigenvalue weighted by molar-refractivity contribution is 0.284. The third-order valence-electron chi connectivity index (χ3n) is 4.43. The van der Waals surface area contributed by atoms with E-state index >= 15 is 0 Å². The highest BCUT2D eigenvalue weighted by Gasteiger charge is 2.30. The summed E-state index contributed by atoms with van der Waals surface area (Å²) in [6.45, 7) is 5.89. The van der Waals surface area contributed by atoms with Crippen molar-refractivity contribution in [2.75, 3.05) is 6.54 Å². The number of hydrogen-bond donors (Lipinski definition) is 1. The normalized spacial score (nSPS) is 25.4. The molecule has 1 heterocycles. The van der Waals surface area contributed by atoms with Crippen molar-refractivity contribution >= 4 is 11.3 Å². The molecule has 0 saturated heterocycles. The average molecular weight is 265 g/mol. The first-order valence-electron chi connectivity index (χ1n) is 7.55. The van der Waals surface area contributed by atoms with Crippen LogP contribution in [0.1, 0.15) is 51.5 Å². The maximum absolute atomic E-state index is 3.81. The summed E-state index contributed by atoms with van der Waals surface area (Å²) in [5.41, 5.74) is 1.52. The van der Waals surface area contributed by atoms with Crippen LogP contribution in [-0.2, 0) is 6.42 Å². The van der Waals surface area contributed by atoms with Crippen LogP contribution in [0.25, 0.3) is 0 Å². The maximum atomic E-state index is 3.81. The van der Waals surface area contributed by atoms with E-state index in [1.165, 1.54) is 50.6 Å². The van der Waals surface area contributed by atoms with Crippen molar-refractivity contribution in [3.8, 4) is 0 Å². The molecule has 1 aliphatic rings. The van der Waals surface area contributed by atoms with Gasteiger partial charge in [0.25, 0.3) is 0 Å². The quantitative estimate of drug-likeness (QED) is 0.766. The van der Waals surface area contributed by atoms with Crippen molar-refractivity contribution in [3.05, 3.63) is 22.4 Å². The van der Waals surface area contributed by atoms with Crippen molar-refractivity contribution in [1.29, 1.82) is 0 Å². The fourth-order valence-electron chi connectivity index (χ4n) is 3.33. The molecule has 1 fully saturated rings. The number of hydrogen-bond acceptors (Lipinski definition) is 2. The van der Waals surface area contributed by atoms with Gasteiger partial charge in [0.2, 0.25) is 0 Å². The highest BCUT2D eigenvalue weighted by atomic mass is 32.1. The monoisotopic (exact) mass is 265 g/mol. The minimum Gasteiger partial charge on any atom is -0.314 e.